The van der Waals surface area contributed by atoms with Crippen LogP contribution in [-0.4, -0.2) is 18.5 Å². The van der Waals surface area contributed by atoms with Crippen molar-refractivity contribution < 1.29 is 9.47 Å². The van der Waals surface area contributed by atoms with Gasteiger partial charge in [0.25, 0.3) is 0 Å². The van der Waals surface area contributed by atoms with Crippen molar-refractivity contribution in [1.29, 1.82) is 0 Å². The number of fused-ring (bicyclic) bond motifs is 1. The highest BCUT2D eigenvalue weighted by Crippen LogP contribution is 2.38. The fourth-order valence-corrected chi connectivity index (χ4v) is 2.99. The van der Waals surface area contributed by atoms with Gasteiger partial charge in [0.15, 0.2) is 11.5 Å². The van der Waals surface area contributed by atoms with E-state index in [-0.39, 0.29) is 0 Å². The number of benzene rings is 1. The van der Waals surface area contributed by atoms with Crippen molar-refractivity contribution in [3.05, 3.63) is 28.3 Å². The fraction of sp³-hybridized carbons (Fsp3) is 0.467. The maximum Gasteiger partial charge on any atom is 0.179 e. The van der Waals surface area contributed by atoms with E-state index in [0.717, 1.165) is 23.1 Å². The molecular formula is C15H18BrClO2. The van der Waals surface area contributed by atoms with E-state index in [1.54, 1.807) is 0 Å². The van der Waals surface area contributed by atoms with Gasteiger partial charge in [0.2, 0.25) is 0 Å². The predicted octanol–water partition coefficient (Wildman–Crippen LogP) is 4.94. The van der Waals surface area contributed by atoms with Crippen LogP contribution in [0.3, 0.4) is 0 Å². The minimum absolute atomic E-state index is 0.495. The topological polar surface area (TPSA) is 18.5 Å². The van der Waals surface area contributed by atoms with Crippen LogP contribution in [0.2, 0.25) is 5.02 Å². The van der Waals surface area contributed by atoms with Gasteiger partial charge in [-0.3, -0.25) is 0 Å². The van der Waals surface area contributed by atoms with Gasteiger partial charge < -0.3 is 9.47 Å². The highest BCUT2D eigenvalue weighted by Gasteiger charge is 2.15. The van der Waals surface area contributed by atoms with Crippen LogP contribution in [0.25, 0.3) is 6.08 Å². The third-order valence-corrected chi connectivity index (χ3v) is 4.00. The molecule has 1 aliphatic heterocycles. The summed E-state index contributed by atoms with van der Waals surface area (Å²) in [6.45, 7) is 5.68. The van der Waals surface area contributed by atoms with E-state index in [9.17, 15) is 0 Å². The third kappa shape index (κ3) is 3.67. The summed E-state index contributed by atoms with van der Waals surface area (Å²) in [5, 5.41) is 1.47. The molecule has 0 bridgehead atoms. The molecule has 104 valence electrons. The highest BCUT2D eigenvalue weighted by molar-refractivity contribution is 9.09. The third-order valence-electron chi connectivity index (χ3n) is 3.07. The maximum atomic E-state index is 6.28. The molecule has 2 rings (SSSR count). The first-order valence-electron chi connectivity index (χ1n) is 6.47. The molecule has 1 heterocycles. The van der Waals surface area contributed by atoms with E-state index in [0.29, 0.717) is 29.9 Å². The van der Waals surface area contributed by atoms with Crippen LogP contribution in [0.4, 0.5) is 0 Å². The van der Waals surface area contributed by atoms with Crippen LogP contribution in [0.5, 0.6) is 11.5 Å². The molecule has 4 heteroatoms. The SMILES string of the molecule is CC(C)C(=Cc1cc(Cl)c2c(c1)OCCCO2)CBr. The number of hydrogen-bond acceptors (Lipinski definition) is 2. The van der Waals surface area contributed by atoms with Crippen molar-refractivity contribution in [2.45, 2.75) is 20.3 Å². The Morgan fingerprint density at radius 1 is 1.37 bits per heavy atom. The summed E-state index contributed by atoms with van der Waals surface area (Å²) >= 11 is 9.80. The summed E-state index contributed by atoms with van der Waals surface area (Å²) in [6.07, 6.45) is 3.04. The summed E-state index contributed by atoms with van der Waals surface area (Å²) in [6, 6.07) is 3.93. The smallest absolute Gasteiger partial charge is 0.179 e. The van der Waals surface area contributed by atoms with Crippen LogP contribution >= 0.6 is 27.5 Å². The Balaban J connectivity index is 2.38. The monoisotopic (exact) mass is 344 g/mol. The standard InChI is InChI=1S/C15H18BrClO2/c1-10(2)12(9-16)6-11-7-13(17)15-14(8-11)18-4-3-5-19-15/h6-8,10H,3-5,9H2,1-2H3. The number of ether oxygens (including phenoxy) is 2. The van der Waals surface area contributed by atoms with Crippen molar-refractivity contribution in [3.8, 4) is 11.5 Å². The molecule has 0 saturated carbocycles. The second-order valence-corrected chi connectivity index (χ2v) is 5.86. The lowest BCUT2D eigenvalue weighted by Crippen LogP contribution is -1.97. The number of halogens is 2. The van der Waals surface area contributed by atoms with Gasteiger partial charge in [-0.25, -0.2) is 0 Å². The zero-order chi connectivity index (χ0) is 13.8. The van der Waals surface area contributed by atoms with Crippen molar-refractivity contribution in [1.82, 2.24) is 0 Å². The lowest BCUT2D eigenvalue weighted by Gasteiger charge is -2.12. The molecule has 2 nitrogen and oxygen atoms in total. The quantitative estimate of drug-likeness (QED) is 0.723. The Hall–Kier alpha value is -0.670. The van der Waals surface area contributed by atoms with E-state index < -0.39 is 0 Å². The Labute approximate surface area is 127 Å². The molecule has 0 atom stereocenters. The lowest BCUT2D eigenvalue weighted by molar-refractivity contribution is 0.297. The van der Waals surface area contributed by atoms with Gasteiger partial charge in [-0.1, -0.05) is 53.0 Å². The predicted molar refractivity (Wildman–Crippen MR) is 83.7 cm³/mol. The van der Waals surface area contributed by atoms with E-state index in [2.05, 4.69) is 35.9 Å². The van der Waals surface area contributed by atoms with Gasteiger partial charge in [0.05, 0.1) is 18.2 Å². The molecule has 0 saturated heterocycles. The fourth-order valence-electron chi connectivity index (χ4n) is 1.91. The van der Waals surface area contributed by atoms with Crippen LogP contribution in [-0.2, 0) is 0 Å². The summed E-state index contributed by atoms with van der Waals surface area (Å²) in [5.41, 5.74) is 2.38. The number of rotatable bonds is 3. The molecule has 0 aliphatic carbocycles. The summed E-state index contributed by atoms with van der Waals surface area (Å²) < 4.78 is 11.3. The number of alkyl halides is 1. The first-order chi connectivity index (χ1) is 9.11. The molecule has 19 heavy (non-hydrogen) atoms. The Kier molecular flexibility index (Phi) is 5.17. The van der Waals surface area contributed by atoms with E-state index in [1.807, 2.05) is 12.1 Å². The molecule has 0 unspecified atom stereocenters. The highest BCUT2D eigenvalue weighted by atomic mass is 79.9. The normalized spacial score (nSPS) is 15.5. The van der Waals surface area contributed by atoms with Gasteiger partial charge in [-0.05, 0) is 23.6 Å². The minimum atomic E-state index is 0.495. The van der Waals surface area contributed by atoms with Crippen LogP contribution in [0, 0.1) is 5.92 Å². The molecule has 0 aromatic heterocycles. The second kappa shape index (κ2) is 6.67. The average Bonchev–Trinajstić information content (AvgIpc) is 2.61. The molecule has 0 spiro atoms. The molecule has 0 amide bonds. The van der Waals surface area contributed by atoms with Crippen LogP contribution < -0.4 is 9.47 Å². The Morgan fingerprint density at radius 3 is 2.79 bits per heavy atom. The van der Waals surface area contributed by atoms with Crippen LogP contribution in [0.1, 0.15) is 25.8 Å². The lowest BCUT2D eigenvalue weighted by atomic mass is 10.0. The van der Waals surface area contributed by atoms with E-state index in [4.69, 9.17) is 21.1 Å². The molecule has 1 aromatic rings. The van der Waals surface area contributed by atoms with Crippen molar-refractivity contribution in [3.63, 3.8) is 0 Å². The van der Waals surface area contributed by atoms with Gasteiger partial charge in [-0.2, -0.15) is 0 Å². The summed E-state index contributed by atoms with van der Waals surface area (Å²) in [5.74, 6) is 1.91. The molecule has 1 aliphatic rings. The van der Waals surface area contributed by atoms with Gasteiger partial charge >= 0.3 is 0 Å². The summed E-state index contributed by atoms with van der Waals surface area (Å²) in [7, 11) is 0. The molecule has 0 N–H and O–H groups in total. The molecule has 0 radical (unpaired) electrons. The number of allylic oxidation sites excluding steroid dienone is 1. The maximum absolute atomic E-state index is 6.28. The van der Waals surface area contributed by atoms with E-state index in [1.165, 1.54) is 5.57 Å². The van der Waals surface area contributed by atoms with E-state index >= 15 is 0 Å². The van der Waals surface area contributed by atoms with Gasteiger partial charge in [-0.15, -0.1) is 0 Å². The first-order valence-corrected chi connectivity index (χ1v) is 7.97. The zero-order valence-electron chi connectivity index (χ0n) is 11.2. The van der Waals surface area contributed by atoms with Crippen molar-refractivity contribution in [2.24, 2.45) is 5.92 Å². The summed E-state index contributed by atoms with van der Waals surface area (Å²) in [4.78, 5) is 0. The molecular weight excluding hydrogens is 328 g/mol. The minimum Gasteiger partial charge on any atom is -0.489 e. The van der Waals surface area contributed by atoms with Gasteiger partial charge in [0, 0.05) is 11.8 Å². The van der Waals surface area contributed by atoms with Gasteiger partial charge in [0.1, 0.15) is 0 Å². The number of hydrogen-bond donors (Lipinski definition) is 0. The second-order valence-electron chi connectivity index (χ2n) is 4.89. The molecule has 1 aromatic carbocycles. The zero-order valence-corrected chi connectivity index (χ0v) is 13.6. The van der Waals surface area contributed by atoms with Crippen molar-refractivity contribution >= 4 is 33.6 Å². The first kappa shape index (κ1) is 14.7. The average molecular weight is 346 g/mol. The Morgan fingerprint density at radius 2 is 2.11 bits per heavy atom. The molecule has 0 fully saturated rings. The largest absolute Gasteiger partial charge is 0.489 e. The van der Waals surface area contributed by atoms with Crippen LogP contribution in [0.15, 0.2) is 17.7 Å². The Bertz CT molecular complexity index is 483. The van der Waals surface area contributed by atoms with Crippen molar-refractivity contribution in [2.75, 3.05) is 18.5 Å².